The molecule has 9 heteroatoms. The molecule has 0 spiro atoms. The number of carboxylic acids is 1. The van der Waals surface area contributed by atoms with Crippen LogP contribution in [-0.2, 0) is 33.3 Å². The summed E-state index contributed by atoms with van der Waals surface area (Å²) in [5.41, 5.74) is 0. The Morgan fingerprint density at radius 3 is 0.964 bits per heavy atom. The van der Waals surface area contributed by atoms with Crippen molar-refractivity contribution in [1.29, 1.82) is 0 Å². The number of unbranched alkanes of at least 4 members (excludes halogenated alkanes) is 23. The van der Waals surface area contributed by atoms with Crippen molar-refractivity contribution >= 4 is 17.9 Å². The standard InChI is InChI=1S/C74H123NO8/c1-6-8-10-12-14-16-18-20-22-24-26-28-30-31-32-33-34-35-36-37-38-39-40-41-43-45-47-49-51-53-55-57-59-61-63-65-72(77)83-70(69-82-74(73(78)79)80-67-66-75(3,4)5)68-81-71(76)64-62-60-58-56-54-52-50-48-46-44-42-29-27-25-23-21-19-17-15-13-11-9-7-2/h8-11,14-17,20-23,26-29,31-32,34-35,37-38,70,74H,6-7,12-13,18-19,24-25,30,33,36,39-69H2,1-5H3/b10-8-,11-9-,16-14-,17-15-,22-20-,23-21-,28-26-,29-27-,32-31-,35-34-,38-37-. The number of quaternary nitrogens is 1. The Morgan fingerprint density at radius 2 is 0.651 bits per heavy atom. The molecule has 0 saturated carbocycles. The first-order valence-electron chi connectivity index (χ1n) is 33.3. The van der Waals surface area contributed by atoms with Crippen molar-refractivity contribution < 1.29 is 42.9 Å². The predicted molar refractivity (Wildman–Crippen MR) is 352 cm³/mol. The third-order valence-corrected chi connectivity index (χ3v) is 13.9. The van der Waals surface area contributed by atoms with Gasteiger partial charge in [0.15, 0.2) is 12.4 Å². The molecule has 0 aliphatic carbocycles. The largest absolute Gasteiger partial charge is 0.545 e. The second-order valence-electron chi connectivity index (χ2n) is 23.0. The number of carbonyl (C=O) groups excluding carboxylic acids is 3. The number of rotatable bonds is 60. The van der Waals surface area contributed by atoms with Crippen LogP contribution in [-0.4, -0.2) is 82.3 Å². The molecule has 2 atom stereocenters. The topological polar surface area (TPSA) is 111 Å². The summed E-state index contributed by atoms with van der Waals surface area (Å²) < 4.78 is 22.8. The maximum Gasteiger partial charge on any atom is 0.306 e. The van der Waals surface area contributed by atoms with Gasteiger partial charge in [-0.15, -0.1) is 0 Å². The van der Waals surface area contributed by atoms with Gasteiger partial charge in [-0.2, -0.15) is 0 Å². The first-order valence-corrected chi connectivity index (χ1v) is 33.3. The molecule has 0 radical (unpaired) electrons. The number of nitrogens with zero attached hydrogens (tertiary/aromatic N) is 1. The van der Waals surface area contributed by atoms with Gasteiger partial charge in [-0.05, 0) is 109 Å². The monoisotopic (exact) mass is 1150 g/mol. The van der Waals surface area contributed by atoms with E-state index in [9.17, 15) is 19.5 Å². The Morgan fingerprint density at radius 1 is 0.361 bits per heavy atom. The average Bonchev–Trinajstić information content (AvgIpc) is 3.46. The van der Waals surface area contributed by atoms with E-state index >= 15 is 0 Å². The van der Waals surface area contributed by atoms with Gasteiger partial charge < -0.3 is 33.3 Å². The Labute approximate surface area is 509 Å². The first-order chi connectivity index (χ1) is 40.6. The van der Waals surface area contributed by atoms with Crippen LogP contribution in [0, 0.1) is 0 Å². The summed E-state index contributed by atoms with van der Waals surface area (Å²) in [6.07, 6.45) is 88.0. The second kappa shape index (κ2) is 63.5. The van der Waals surface area contributed by atoms with Crippen LogP contribution in [0.1, 0.15) is 258 Å². The predicted octanol–water partition coefficient (Wildman–Crippen LogP) is 19.2. The number of carbonyl (C=O) groups is 3. The molecule has 0 saturated heterocycles. The van der Waals surface area contributed by atoms with E-state index in [4.69, 9.17) is 18.9 Å². The molecule has 0 N–H and O–H groups in total. The highest BCUT2D eigenvalue weighted by Crippen LogP contribution is 2.16. The van der Waals surface area contributed by atoms with Gasteiger partial charge in [0.25, 0.3) is 0 Å². The molecule has 0 aromatic heterocycles. The van der Waals surface area contributed by atoms with Crippen LogP contribution in [0.2, 0.25) is 0 Å². The van der Waals surface area contributed by atoms with Crippen LogP contribution in [0.4, 0.5) is 0 Å². The van der Waals surface area contributed by atoms with Gasteiger partial charge >= 0.3 is 11.9 Å². The zero-order valence-electron chi connectivity index (χ0n) is 53.8. The smallest absolute Gasteiger partial charge is 0.306 e. The summed E-state index contributed by atoms with van der Waals surface area (Å²) in [5.74, 6) is -2.29. The molecular formula is C74H123NO8. The fraction of sp³-hybridized carbons (Fsp3) is 0.662. The van der Waals surface area contributed by atoms with E-state index in [2.05, 4.69) is 148 Å². The lowest BCUT2D eigenvalue weighted by atomic mass is 10.0. The lowest BCUT2D eigenvalue weighted by Crippen LogP contribution is -2.44. The number of ether oxygens (including phenoxy) is 4. The molecule has 0 aromatic carbocycles. The molecule has 0 bridgehead atoms. The number of hydrogen-bond donors (Lipinski definition) is 0. The van der Waals surface area contributed by atoms with Gasteiger partial charge in [-0.1, -0.05) is 270 Å². The average molecular weight is 1150 g/mol. The van der Waals surface area contributed by atoms with Crippen molar-refractivity contribution in [3.8, 4) is 0 Å². The summed E-state index contributed by atoms with van der Waals surface area (Å²) in [6, 6.07) is 0. The van der Waals surface area contributed by atoms with E-state index in [0.29, 0.717) is 17.4 Å². The second-order valence-corrected chi connectivity index (χ2v) is 23.0. The molecule has 0 heterocycles. The van der Waals surface area contributed by atoms with E-state index < -0.39 is 24.3 Å². The van der Waals surface area contributed by atoms with E-state index in [1.165, 1.54) is 103 Å². The van der Waals surface area contributed by atoms with Gasteiger partial charge in [0.2, 0.25) is 0 Å². The van der Waals surface area contributed by atoms with Crippen molar-refractivity contribution in [3.63, 3.8) is 0 Å². The van der Waals surface area contributed by atoms with Crippen molar-refractivity contribution in [2.75, 3.05) is 47.5 Å². The fourth-order valence-corrected chi connectivity index (χ4v) is 8.86. The van der Waals surface area contributed by atoms with Crippen LogP contribution < -0.4 is 5.11 Å². The highest BCUT2D eigenvalue weighted by atomic mass is 16.7. The van der Waals surface area contributed by atoms with Crippen LogP contribution in [0.3, 0.4) is 0 Å². The normalized spacial score (nSPS) is 13.6. The van der Waals surface area contributed by atoms with Crippen molar-refractivity contribution in [2.24, 2.45) is 0 Å². The van der Waals surface area contributed by atoms with Crippen molar-refractivity contribution in [3.05, 3.63) is 134 Å². The zero-order chi connectivity index (χ0) is 60.5. The SMILES string of the molecule is CC/C=C\C/C=C\C/C=C\C/C=C\C/C=C\C/C=C\C/C=C\CCCCCCCCCCCCCCCC(=O)OC(COC(=O)CCCCCCCCCCCC/C=C\C/C=C\C/C=C\C/C=C\CC)COC(OCC[N+](C)(C)C)C(=O)[O-]. The molecule has 2 unspecified atom stereocenters. The van der Waals surface area contributed by atoms with Crippen LogP contribution in [0.15, 0.2) is 134 Å². The molecule has 0 fully saturated rings. The molecule has 472 valence electrons. The number of esters is 2. The molecular weight excluding hydrogens is 1030 g/mol. The maximum absolute atomic E-state index is 12.9. The molecule has 0 rings (SSSR count). The highest BCUT2D eigenvalue weighted by molar-refractivity contribution is 5.70. The van der Waals surface area contributed by atoms with Crippen molar-refractivity contribution in [2.45, 2.75) is 270 Å². The quantitative estimate of drug-likeness (QED) is 0.0195. The molecule has 0 aliphatic rings. The molecule has 9 nitrogen and oxygen atoms in total. The number of allylic oxidation sites excluding steroid dienone is 22. The van der Waals surface area contributed by atoms with Gasteiger partial charge in [0, 0.05) is 12.8 Å². The summed E-state index contributed by atoms with van der Waals surface area (Å²) in [6.45, 7) is 4.52. The van der Waals surface area contributed by atoms with Crippen molar-refractivity contribution in [1.82, 2.24) is 0 Å². The summed E-state index contributed by atoms with van der Waals surface area (Å²) in [7, 11) is 5.92. The Kier molecular flexibility index (Phi) is 60.0. The minimum Gasteiger partial charge on any atom is -0.545 e. The minimum atomic E-state index is -1.63. The van der Waals surface area contributed by atoms with Crippen LogP contribution >= 0.6 is 0 Å². The Hall–Kier alpha value is -4.57. The molecule has 0 amide bonds. The third-order valence-electron chi connectivity index (χ3n) is 13.9. The minimum absolute atomic E-state index is 0.141. The number of carboxylic acid groups (broad SMARTS) is 1. The van der Waals surface area contributed by atoms with Gasteiger partial charge in [-0.3, -0.25) is 9.59 Å². The maximum atomic E-state index is 12.9. The van der Waals surface area contributed by atoms with Gasteiger partial charge in [0.05, 0.1) is 40.3 Å². The van der Waals surface area contributed by atoms with Gasteiger partial charge in [0.1, 0.15) is 13.2 Å². The first kappa shape index (κ1) is 78.4. The van der Waals surface area contributed by atoms with E-state index in [1.807, 2.05) is 21.1 Å². The van der Waals surface area contributed by atoms with Crippen LogP contribution in [0.25, 0.3) is 0 Å². The van der Waals surface area contributed by atoms with E-state index in [0.717, 1.165) is 122 Å². The number of aliphatic carboxylic acids is 1. The molecule has 0 aliphatic heterocycles. The fourth-order valence-electron chi connectivity index (χ4n) is 8.86. The van der Waals surface area contributed by atoms with Gasteiger partial charge in [-0.25, -0.2) is 0 Å². The summed E-state index contributed by atoms with van der Waals surface area (Å²) in [5, 5.41) is 11.8. The Balaban J connectivity index is 4.16. The summed E-state index contributed by atoms with van der Waals surface area (Å²) in [4.78, 5) is 37.4. The lowest BCUT2D eigenvalue weighted by molar-refractivity contribution is -0.870. The Bertz CT molecular complexity index is 1820. The summed E-state index contributed by atoms with van der Waals surface area (Å²) >= 11 is 0. The molecule has 83 heavy (non-hydrogen) atoms. The van der Waals surface area contributed by atoms with E-state index in [1.54, 1.807) is 0 Å². The third kappa shape index (κ3) is 64.8. The molecule has 0 aromatic rings. The number of likely N-dealkylation sites (N-methyl/N-ethyl adjacent to an activating group) is 1. The number of hydrogen-bond acceptors (Lipinski definition) is 8. The lowest BCUT2D eigenvalue weighted by Gasteiger charge is -2.26. The zero-order valence-corrected chi connectivity index (χ0v) is 53.8. The van der Waals surface area contributed by atoms with E-state index in [-0.39, 0.29) is 38.6 Å². The van der Waals surface area contributed by atoms with Crippen LogP contribution in [0.5, 0.6) is 0 Å². The highest BCUT2D eigenvalue weighted by Gasteiger charge is 2.22.